The molecule has 8 heteroatoms. The third kappa shape index (κ3) is 10.7. The van der Waals surface area contributed by atoms with E-state index in [4.69, 9.17) is 14.2 Å². The lowest BCUT2D eigenvalue weighted by Gasteiger charge is -2.09. The van der Waals surface area contributed by atoms with E-state index < -0.39 is 5.97 Å². The molecule has 0 aliphatic rings. The lowest BCUT2D eigenvalue weighted by molar-refractivity contribution is 0.0734. The van der Waals surface area contributed by atoms with Crippen LogP contribution in [0.3, 0.4) is 0 Å². The van der Waals surface area contributed by atoms with Crippen molar-refractivity contribution < 1.29 is 29.2 Å². The van der Waals surface area contributed by atoms with Gasteiger partial charge in [0.25, 0.3) is 0 Å². The summed E-state index contributed by atoms with van der Waals surface area (Å²) in [5.74, 6) is 1.24. The predicted molar refractivity (Wildman–Crippen MR) is 188 cm³/mol. The van der Waals surface area contributed by atoms with Crippen molar-refractivity contribution in [1.29, 1.82) is 0 Å². The molecule has 0 radical (unpaired) electrons. The van der Waals surface area contributed by atoms with E-state index in [0.29, 0.717) is 64.1 Å². The van der Waals surface area contributed by atoms with Gasteiger partial charge in [0.2, 0.25) is 0 Å². The zero-order valence-electron chi connectivity index (χ0n) is 27.4. The minimum absolute atomic E-state index is 0.0619. The maximum Gasteiger partial charge on any atom is 0.343 e. The van der Waals surface area contributed by atoms with E-state index in [-0.39, 0.29) is 11.5 Å². The van der Waals surface area contributed by atoms with Crippen LogP contribution >= 0.6 is 0 Å². The van der Waals surface area contributed by atoms with Crippen molar-refractivity contribution in [2.24, 2.45) is 9.98 Å². The number of phenolic OH excluding ortho intramolecular Hbond substituents is 2. The lowest BCUT2D eigenvalue weighted by Crippen LogP contribution is -2.10. The molecule has 0 bridgehead atoms. The SMILES string of the molecule is CCCCCCCOc1ccc(C=Nc2ccc(OC(=O)c3cccc(N=Cc4ccc(OCCCC)cc4O)c3C)cc2)c(O)c1. The van der Waals surface area contributed by atoms with Crippen LogP contribution in [0, 0.1) is 6.92 Å². The molecule has 0 aliphatic carbocycles. The van der Waals surface area contributed by atoms with Crippen LogP contribution in [-0.2, 0) is 0 Å². The van der Waals surface area contributed by atoms with Gasteiger partial charge in [0.1, 0.15) is 28.7 Å². The van der Waals surface area contributed by atoms with E-state index in [1.807, 2.05) is 6.07 Å². The average Bonchev–Trinajstić information content (AvgIpc) is 3.07. The normalized spacial score (nSPS) is 11.3. The highest BCUT2D eigenvalue weighted by molar-refractivity contribution is 5.95. The van der Waals surface area contributed by atoms with Gasteiger partial charge in [0.05, 0.1) is 30.2 Å². The number of benzene rings is 4. The molecule has 0 saturated heterocycles. The Bertz CT molecular complexity index is 1660. The number of rotatable bonds is 17. The Morgan fingerprint density at radius 1 is 0.681 bits per heavy atom. The van der Waals surface area contributed by atoms with Gasteiger partial charge >= 0.3 is 5.97 Å². The van der Waals surface area contributed by atoms with Crippen molar-refractivity contribution in [3.63, 3.8) is 0 Å². The van der Waals surface area contributed by atoms with Gasteiger partial charge in [-0.15, -0.1) is 0 Å². The molecule has 4 aromatic rings. The highest BCUT2D eigenvalue weighted by Crippen LogP contribution is 2.28. The molecular weight excluding hydrogens is 592 g/mol. The number of ether oxygens (including phenoxy) is 3. The van der Waals surface area contributed by atoms with Crippen LogP contribution in [0.1, 0.15) is 85.8 Å². The zero-order chi connectivity index (χ0) is 33.4. The van der Waals surface area contributed by atoms with Crippen molar-refractivity contribution in [2.75, 3.05) is 13.2 Å². The number of nitrogens with zero attached hydrogens (tertiary/aromatic N) is 2. The number of aliphatic imine (C=N–C) groups is 2. The summed E-state index contributed by atoms with van der Waals surface area (Å²) in [6, 6.07) is 22.3. The van der Waals surface area contributed by atoms with E-state index in [9.17, 15) is 15.0 Å². The number of carbonyl (C=O) groups excluding carboxylic acids is 1. The molecule has 0 heterocycles. The Morgan fingerprint density at radius 3 is 1.87 bits per heavy atom. The highest BCUT2D eigenvalue weighted by atomic mass is 16.5. The number of hydrogen-bond acceptors (Lipinski definition) is 8. The minimum Gasteiger partial charge on any atom is -0.507 e. The Morgan fingerprint density at radius 2 is 1.26 bits per heavy atom. The summed E-state index contributed by atoms with van der Waals surface area (Å²) in [7, 11) is 0. The summed E-state index contributed by atoms with van der Waals surface area (Å²) in [5, 5.41) is 20.8. The molecule has 0 unspecified atom stereocenters. The van der Waals surface area contributed by atoms with E-state index in [0.717, 1.165) is 25.7 Å². The first kappa shape index (κ1) is 34.8. The van der Waals surface area contributed by atoms with Gasteiger partial charge in [0, 0.05) is 35.7 Å². The first-order chi connectivity index (χ1) is 22.9. The molecule has 0 atom stereocenters. The Labute approximate surface area is 277 Å². The fourth-order valence-corrected chi connectivity index (χ4v) is 4.70. The molecule has 4 rings (SSSR count). The summed E-state index contributed by atoms with van der Waals surface area (Å²) in [4.78, 5) is 22.0. The lowest BCUT2D eigenvalue weighted by atomic mass is 10.1. The highest BCUT2D eigenvalue weighted by Gasteiger charge is 2.14. The van der Waals surface area contributed by atoms with Gasteiger partial charge in [0.15, 0.2) is 0 Å². The summed E-state index contributed by atoms with van der Waals surface area (Å²) in [5.41, 5.74) is 3.34. The molecular formula is C39H44N2O6. The van der Waals surface area contributed by atoms with Crippen molar-refractivity contribution in [2.45, 2.75) is 65.7 Å². The van der Waals surface area contributed by atoms with Gasteiger partial charge in [-0.2, -0.15) is 0 Å². The predicted octanol–water partition coefficient (Wildman–Crippen LogP) is 9.65. The van der Waals surface area contributed by atoms with Crippen LogP contribution in [0.25, 0.3) is 0 Å². The third-order valence-electron chi connectivity index (χ3n) is 7.55. The molecule has 0 spiro atoms. The smallest absolute Gasteiger partial charge is 0.343 e. The van der Waals surface area contributed by atoms with Crippen LogP contribution in [0.15, 0.2) is 88.8 Å². The van der Waals surface area contributed by atoms with Gasteiger partial charge < -0.3 is 24.4 Å². The van der Waals surface area contributed by atoms with Crippen LogP contribution in [0.2, 0.25) is 0 Å². The molecule has 0 amide bonds. The van der Waals surface area contributed by atoms with Crippen LogP contribution in [0.4, 0.5) is 11.4 Å². The van der Waals surface area contributed by atoms with Crippen LogP contribution < -0.4 is 14.2 Å². The number of hydrogen-bond donors (Lipinski definition) is 2. The topological polar surface area (TPSA) is 110 Å². The van der Waals surface area contributed by atoms with Gasteiger partial charge in [-0.05, 0) is 86.0 Å². The molecule has 2 N–H and O–H groups in total. The Hall–Kier alpha value is -5.11. The zero-order valence-corrected chi connectivity index (χ0v) is 27.4. The number of unbranched alkanes of at least 4 members (excludes halogenated alkanes) is 5. The van der Waals surface area contributed by atoms with E-state index in [1.54, 1.807) is 92.1 Å². The molecule has 47 heavy (non-hydrogen) atoms. The van der Waals surface area contributed by atoms with Crippen molar-refractivity contribution in [3.05, 3.63) is 101 Å². The Kier molecular flexibility index (Phi) is 13.4. The monoisotopic (exact) mass is 636 g/mol. The number of phenols is 2. The quantitative estimate of drug-likeness (QED) is 0.0517. The fraction of sp³-hybridized carbons (Fsp3) is 0.308. The Balaban J connectivity index is 1.33. The first-order valence-corrected chi connectivity index (χ1v) is 16.3. The number of carbonyl (C=O) groups is 1. The maximum absolute atomic E-state index is 13.1. The second-order valence-electron chi connectivity index (χ2n) is 11.3. The molecule has 8 nitrogen and oxygen atoms in total. The van der Waals surface area contributed by atoms with Gasteiger partial charge in [-0.1, -0.05) is 52.0 Å². The van der Waals surface area contributed by atoms with Crippen molar-refractivity contribution in [3.8, 4) is 28.7 Å². The molecule has 0 aliphatic heterocycles. The summed E-state index contributed by atoms with van der Waals surface area (Å²) >= 11 is 0. The number of esters is 1. The molecule has 0 saturated carbocycles. The molecule has 0 aromatic heterocycles. The average molecular weight is 637 g/mol. The summed E-state index contributed by atoms with van der Waals surface area (Å²) < 4.78 is 17.0. The van der Waals surface area contributed by atoms with E-state index in [2.05, 4.69) is 23.8 Å². The van der Waals surface area contributed by atoms with E-state index in [1.165, 1.54) is 19.3 Å². The second kappa shape index (κ2) is 18.1. The van der Waals surface area contributed by atoms with Gasteiger partial charge in [-0.25, -0.2) is 4.79 Å². The van der Waals surface area contributed by atoms with Crippen molar-refractivity contribution in [1.82, 2.24) is 0 Å². The number of aromatic hydroxyl groups is 2. The second-order valence-corrected chi connectivity index (χ2v) is 11.3. The standard InChI is InChI=1S/C39H44N2O6/c1-4-6-8-9-10-23-46-34-18-14-29(37(42)25-34)26-40-31-16-20-32(21-17-31)47-39(44)35-12-11-13-36(28(35)3)41-27-30-15-19-33(24-38(30)43)45-22-7-5-2/h11-21,24-27,42-43H,4-10,22-23H2,1-3H3. The summed E-state index contributed by atoms with van der Waals surface area (Å²) in [6.45, 7) is 7.31. The van der Waals surface area contributed by atoms with Crippen LogP contribution in [-0.4, -0.2) is 41.8 Å². The fourth-order valence-electron chi connectivity index (χ4n) is 4.70. The van der Waals surface area contributed by atoms with E-state index >= 15 is 0 Å². The molecule has 246 valence electrons. The first-order valence-electron chi connectivity index (χ1n) is 16.3. The minimum atomic E-state index is -0.514. The summed E-state index contributed by atoms with van der Waals surface area (Å²) in [6.07, 6.45) is 10.9. The molecule has 0 fully saturated rings. The van der Waals surface area contributed by atoms with Gasteiger partial charge in [-0.3, -0.25) is 9.98 Å². The largest absolute Gasteiger partial charge is 0.507 e. The third-order valence-corrected chi connectivity index (χ3v) is 7.55. The van der Waals surface area contributed by atoms with Crippen LogP contribution in [0.5, 0.6) is 28.7 Å². The maximum atomic E-state index is 13.1. The molecule has 4 aromatic carbocycles. The van der Waals surface area contributed by atoms with Crippen molar-refractivity contribution >= 4 is 29.8 Å².